The molecule has 146 valence electrons. The van der Waals surface area contributed by atoms with Gasteiger partial charge in [-0.1, -0.05) is 31.9 Å². The maximum absolute atomic E-state index is 12.0. The molecule has 0 heterocycles. The third-order valence-electron chi connectivity index (χ3n) is 4.39. The van der Waals surface area contributed by atoms with Gasteiger partial charge >= 0.3 is 6.18 Å². The minimum atomic E-state index is -4.28. The summed E-state index contributed by atoms with van der Waals surface area (Å²) in [6.07, 6.45) is 0.222. The summed E-state index contributed by atoms with van der Waals surface area (Å²) in [5, 5.41) is 9.42. The Morgan fingerprint density at radius 3 is 1.96 bits per heavy atom. The number of rotatable bonds is 4. The molecule has 0 aromatic heterocycles. The highest BCUT2D eigenvalue weighted by molar-refractivity contribution is 9.10. The average molecular weight is 508 g/mol. The first-order valence-electron chi connectivity index (χ1n) is 8.70. The lowest BCUT2D eigenvalue weighted by atomic mass is 10.1. The summed E-state index contributed by atoms with van der Waals surface area (Å²) in [6.45, 7) is -1.23. The van der Waals surface area contributed by atoms with Crippen molar-refractivity contribution in [2.24, 2.45) is 0 Å². The Morgan fingerprint density at radius 2 is 1.41 bits per heavy atom. The van der Waals surface area contributed by atoms with Crippen LogP contribution in [0.1, 0.15) is 48.6 Å². The molecule has 2 aliphatic carbocycles. The van der Waals surface area contributed by atoms with E-state index in [9.17, 15) is 18.3 Å². The van der Waals surface area contributed by atoms with E-state index in [4.69, 9.17) is 4.74 Å². The predicted molar refractivity (Wildman–Crippen MR) is 105 cm³/mol. The van der Waals surface area contributed by atoms with Crippen LogP contribution >= 0.6 is 31.9 Å². The SMILES string of the molecule is FC(F)(F)COc1ccc(Br)cc1C1CC1.Oc1ccc(Br)cc1C1CC1. The van der Waals surface area contributed by atoms with Gasteiger partial charge in [0.1, 0.15) is 11.5 Å². The number of phenols is 1. The van der Waals surface area contributed by atoms with Gasteiger partial charge in [-0.05, 0) is 85.0 Å². The van der Waals surface area contributed by atoms with Crippen LogP contribution in [0.15, 0.2) is 45.3 Å². The molecule has 0 spiro atoms. The van der Waals surface area contributed by atoms with Gasteiger partial charge in [-0.25, -0.2) is 0 Å². The molecule has 0 saturated heterocycles. The zero-order chi connectivity index (χ0) is 19.6. The van der Waals surface area contributed by atoms with E-state index in [-0.39, 0.29) is 0 Å². The van der Waals surface area contributed by atoms with Gasteiger partial charge in [0.15, 0.2) is 6.61 Å². The van der Waals surface area contributed by atoms with Crippen molar-refractivity contribution in [1.29, 1.82) is 0 Å². The number of alkyl halides is 3. The summed E-state index contributed by atoms with van der Waals surface area (Å²) >= 11 is 6.69. The molecule has 4 rings (SSSR count). The second-order valence-corrected chi connectivity index (χ2v) is 8.67. The van der Waals surface area contributed by atoms with Crippen molar-refractivity contribution in [2.45, 2.75) is 43.7 Å². The lowest BCUT2D eigenvalue weighted by Gasteiger charge is -2.13. The molecule has 0 unspecified atom stereocenters. The summed E-state index contributed by atoms with van der Waals surface area (Å²) < 4.78 is 42.8. The van der Waals surface area contributed by atoms with Crippen LogP contribution in [0.5, 0.6) is 11.5 Å². The van der Waals surface area contributed by atoms with Gasteiger partial charge in [-0.2, -0.15) is 13.2 Å². The van der Waals surface area contributed by atoms with Crippen molar-refractivity contribution in [3.05, 3.63) is 56.5 Å². The van der Waals surface area contributed by atoms with Crippen LogP contribution in [-0.2, 0) is 0 Å². The van der Waals surface area contributed by atoms with Crippen LogP contribution in [0, 0.1) is 0 Å². The first-order valence-corrected chi connectivity index (χ1v) is 10.3. The minimum Gasteiger partial charge on any atom is -0.508 e. The fraction of sp³-hybridized carbons (Fsp3) is 0.400. The summed E-state index contributed by atoms with van der Waals surface area (Å²) in [5.41, 5.74) is 1.97. The molecular formula is C20H19Br2F3O2. The van der Waals surface area contributed by atoms with E-state index >= 15 is 0 Å². The van der Waals surface area contributed by atoms with Gasteiger partial charge in [0, 0.05) is 8.95 Å². The van der Waals surface area contributed by atoms with E-state index in [0.29, 0.717) is 23.3 Å². The number of aromatic hydroxyl groups is 1. The maximum atomic E-state index is 12.0. The first kappa shape index (κ1) is 20.5. The molecular weight excluding hydrogens is 489 g/mol. The molecule has 2 nitrogen and oxygen atoms in total. The molecule has 0 amide bonds. The van der Waals surface area contributed by atoms with Crippen molar-refractivity contribution < 1.29 is 23.0 Å². The van der Waals surface area contributed by atoms with E-state index < -0.39 is 12.8 Å². The molecule has 0 atom stereocenters. The Labute approximate surface area is 173 Å². The van der Waals surface area contributed by atoms with E-state index in [2.05, 4.69) is 31.9 Å². The molecule has 27 heavy (non-hydrogen) atoms. The predicted octanol–water partition coefficient (Wildman–Crippen LogP) is 7.30. The number of ether oxygens (including phenoxy) is 1. The van der Waals surface area contributed by atoms with E-state index in [0.717, 1.165) is 32.9 Å². The second kappa shape index (κ2) is 8.43. The minimum absolute atomic E-state index is 0.350. The van der Waals surface area contributed by atoms with Gasteiger partial charge in [-0.15, -0.1) is 0 Å². The van der Waals surface area contributed by atoms with Crippen LogP contribution < -0.4 is 4.74 Å². The van der Waals surface area contributed by atoms with Crippen molar-refractivity contribution in [3.63, 3.8) is 0 Å². The fourth-order valence-electron chi connectivity index (χ4n) is 2.77. The zero-order valence-electron chi connectivity index (χ0n) is 14.4. The molecule has 0 radical (unpaired) electrons. The number of hydrogen-bond acceptors (Lipinski definition) is 2. The van der Waals surface area contributed by atoms with Crippen molar-refractivity contribution in [1.82, 2.24) is 0 Å². The van der Waals surface area contributed by atoms with E-state index in [1.807, 2.05) is 18.2 Å². The van der Waals surface area contributed by atoms with Crippen LogP contribution in [0.25, 0.3) is 0 Å². The lowest BCUT2D eigenvalue weighted by molar-refractivity contribution is -0.153. The fourth-order valence-corrected chi connectivity index (χ4v) is 3.53. The van der Waals surface area contributed by atoms with Gasteiger partial charge in [-0.3, -0.25) is 0 Å². The molecule has 2 aromatic rings. The third-order valence-corrected chi connectivity index (χ3v) is 5.37. The molecule has 0 bridgehead atoms. The Morgan fingerprint density at radius 1 is 0.889 bits per heavy atom. The third kappa shape index (κ3) is 6.42. The molecule has 2 aromatic carbocycles. The Balaban J connectivity index is 0.000000166. The number of phenolic OH excluding ortho intramolecular Hbond substituents is 1. The van der Waals surface area contributed by atoms with Gasteiger partial charge in [0.25, 0.3) is 0 Å². The molecule has 1 N–H and O–H groups in total. The smallest absolute Gasteiger partial charge is 0.422 e. The van der Waals surface area contributed by atoms with Crippen LogP contribution in [0.2, 0.25) is 0 Å². The van der Waals surface area contributed by atoms with Crippen molar-refractivity contribution in [3.8, 4) is 11.5 Å². The lowest BCUT2D eigenvalue weighted by Crippen LogP contribution is -2.19. The monoisotopic (exact) mass is 506 g/mol. The molecule has 2 fully saturated rings. The van der Waals surface area contributed by atoms with Crippen molar-refractivity contribution in [2.75, 3.05) is 6.61 Å². The highest BCUT2D eigenvalue weighted by Crippen LogP contribution is 2.46. The number of benzene rings is 2. The van der Waals surface area contributed by atoms with Crippen LogP contribution in [-0.4, -0.2) is 17.9 Å². The number of halogens is 5. The van der Waals surface area contributed by atoms with E-state index in [1.54, 1.807) is 18.2 Å². The largest absolute Gasteiger partial charge is 0.508 e. The Bertz CT molecular complexity index is 800. The maximum Gasteiger partial charge on any atom is 0.422 e. The summed E-state index contributed by atoms with van der Waals surface area (Å²) in [5.74, 6) is 1.77. The summed E-state index contributed by atoms with van der Waals surface area (Å²) in [7, 11) is 0. The topological polar surface area (TPSA) is 29.5 Å². The van der Waals surface area contributed by atoms with Gasteiger partial charge in [0.2, 0.25) is 0 Å². The zero-order valence-corrected chi connectivity index (χ0v) is 17.6. The summed E-state index contributed by atoms with van der Waals surface area (Å²) in [4.78, 5) is 0. The Kier molecular flexibility index (Phi) is 6.41. The second-order valence-electron chi connectivity index (χ2n) is 6.84. The van der Waals surface area contributed by atoms with Gasteiger partial charge < -0.3 is 9.84 Å². The first-order chi connectivity index (χ1) is 12.7. The van der Waals surface area contributed by atoms with Crippen LogP contribution in [0.4, 0.5) is 13.2 Å². The molecule has 0 aliphatic heterocycles. The normalized spacial score (nSPS) is 16.5. The van der Waals surface area contributed by atoms with E-state index in [1.165, 1.54) is 12.8 Å². The highest BCUT2D eigenvalue weighted by atomic mass is 79.9. The molecule has 7 heteroatoms. The van der Waals surface area contributed by atoms with Gasteiger partial charge in [0.05, 0.1) is 0 Å². The molecule has 2 saturated carbocycles. The quantitative estimate of drug-likeness (QED) is 0.470. The summed E-state index contributed by atoms with van der Waals surface area (Å²) in [6, 6.07) is 10.7. The standard InChI is InChI=1S/C11H10BrF3O.C9H9BrO/c12-8-3-4-10(16-6-11(13,14)15)9(5-8)7-1-2-7;10-7-3-4-9(11)8(5-7)6-1-2-6/h3-5,7H,1-2,6H2;3-6,11H,1-2H2. The van der Waals surface area contributed by atoms with Crippen molar-refractivity contribution >= 4 is 31.9 Å². The van der Waals surface area contributed by atoms with Crippen LogP contribution in [0.3, 0.4) is 0 Å². The average Bonchev–Trinajstić information content (AvgIpc) is 3.47. The Hall–Kier alpha value is -1.21. The molecule has 2 aliphatic rings. The number of hydrogen-bond donors (Lipinski definition) is 1. The highest BCUT2D eigenvalue weighted by Gasteiger charge is 2.31.